The van der Waals surface area contributed by atoms with E-state index >= 15 is 0 Å². The highest BCUT2D eigenvalue weighted by atomic mass is 19.1. The summed E-state index contributed by atoms with van der Waals surface area (Å²) in [4.78, 5) is 29.7. The van der Waals surface area contributed by atoms with Crippen LogP contribution in [0.3, 0.4) is 0 Å². The quantitative estimate of drug-likeness (QED) is 0.287. The Morgan fingerprint density at radius 2 is 1.63 bits per heavy atom. The third kappa shape index (κ3) is 7.28. The van der Waals surface area contributed by atoms with E-state index in [1.54, 1.807) is 42.7 Å². The number of urea groups is 1. The third-order valence-corrected chi connectivity index (χ3v) is 5.89. The molecule has 6 nitrogen and oxygen atoms in total. The summed E-state index contributed by atoms with van der Waals surface area (Å²) < 4.78 is 13.3. The Balaban J connectivity index is 1.52. The molecule has 0 aliphatic heterocycles. The summed E-state index contributed by atoms with van der Waals surface area (Å²) in [5.74, 6) is 5.28. The highest BCUT2D eigenvalue weighted by Gasteiger charge is 2.13. The molecule has 0 bridgehead atoms. The zero-order valence-corrected chi connectivity index (χ0v) is 21.1. The van der Waals surface area contributed by atoms with Gasteiger partial charge in [-0.2, -0.15) is 0 Å². The van der Waals surface area contributed by atoms with Crippen LogP contribution in [-0.2, 0) is 6.42 Å². The molecule has 0 fully saturated rings. The van der Waals surface area contributed by atoms with Crippen molar-refractivity contribution in [3.8, 4) is 11.8 Å². The minimum Gasteiger partial charge on any atom is -0.338 e. The largest absolute Gasteiger partial charge is 0.338 e. The van der Waals surface area contributed by atoms with Gasteiger partial charge in [-0.3, -0.25) is 9.78 Å². The van der Waals surface area contributed by atoms with Crippen LogP contribution in [0, 0.1) is 31.5 Å². The molecule has 7 heteroatoms. The molecule has 0 spiro atoms. The van der Waals surface area contributed by atoms with E-state index in [0.717, 1.165) is 16.7 Å². The van der Waals surface area contributed by atoms with Crippen molar-refractivity contribution in [1.29, 1.82) is 0 Å². The molecule has 0 radical (unpaired) electrons. The van der Waals surface area contributed by atoms with Crippen LogP contribution in [0.25, 0.3) is 0 Å². The topological polar surface area (TPSA) is 83.1 Å². The lowest BCUT2D eigenvalue weighted by molar-refractivity contribution is 0.102. The molecule has 0 saturated carbocycles. The van der Waals surface area contributed by atoms with Crippen molar-refractivity contribution in [2.45, 2.75) is 20.3 Å². The number of anilines is 2. The van der Waals surface area contributed by atoms with Crippen molar-refractivity contribution in [3.05, 3.63) is 124 Å². The molecule has 4 aromatic rings. The summed E-state index contributed by atoms with van der Waals surface area (Å²) in [5.41, 5.74) is 5.73. The number of aromatic nitrogens is 1. The minimum absolute atomic E-state index is 0.330. The molecule has 3 N–H and O–H groups in total. The maximum Gasteiger partial charge on any atom is 0.319 e. The fourth-order valence-electron chi connectivity index (χ4n) is 3.66. The monoisotopic (exact) mass is 506 g/mol. The fourth-order valence-corrected chi connectivity index (χ4v) is 3.66. The van der Waals surface area contributed by atoms with E-state index in [4.69, 9.17) is 0 Å². The number of nitrogens with one attached hydrogen (secondary N) is 3. The second-order valence-electron chi connectivity index (χ2n) is 8.76. The number of benzene rings is 3. The summed E-state index contributed by atoms with van der Waals surface area (Å²) >= 11 is 0. The number of nitrogens with zero attached hydrogens (tertiary/aromatic N) is 1. The van der Waals surface area contributed by atoms with E-state index in [1.165, 1.54) is 12.1 Å². The van der Waals surface area contributed by atoms with Gasteiger partial charge in [0.2, 0.25) is 0 Å². The summed E-state index contributed by atoms with van der Waals surface area (Å²) in [5, 5.41) is 8.52. The molecule has 0 unspecified atom stereocenters. The van der Waals surface area contributed by atoms with Crippen LogP contribution in [0.5, 0.6) is 0 Å². The number of amides is 3. The first-order chi connectivity index (χ1) is 18.4. The van der Waals surface area contributed by atoms with Crippen LogP contribution in [0.2, 0.25) is 0 Å². The van der Waals surface area contributed by atoms with Crippen molar-refractivity contribution in [2.75, 3.05) is 17.2 Å². The molecule has 0 aliphatic carbocycles. The van der Waals surface area contributed by atoms with Gasteiger partial charge in [-0.1, -0.05) is 24.0 Å². The number of carbonyl (C=O) groups is 2. The molecule has 4 rings (SSSR count). The molecule has 0 aliphatic rings. The van der Waals surface area contributed by atoms with E-state index in [0.29, 0.717) is 41.0 Å². The molecule has 1 aromatic heterocycles. The van der Waals surface area contributed by atoms with Gasteiger partial charge in [0.25, 0.3) is 5.91 Å². The molecule has 3 aromatic carbocycles. The highest BCUT2D eigenvalue weighted by molar-refractivity contribution is 6.06. The maximum absolute atomic E-state index is 13.3. The van der Waals surface area contributed by atoms with Gasteiger partial charge in [0.1, 0.15) is 5.82 Å². The predicted octanol–water partition coefficient (Wildman–Crippen LogP) is 5.85. The van der Waals surface area contributed by atoms with Crippen molar-refractivity contribution in [2.24, 2.45) is 0 Å². The second-order valence-corrected chi connectivity index (χ2v) is 8.76. The molecule has 190 valence electrons. The summed E-state index contributed by atoms with van der Waals surface area (Å²) in [6, 6.07) is 19.8. The zero-order chi connectivity index (χ0) is 26.9. The maximum atomic E-state index is 13.3. The fraction of sp³-hybridized carbons (Fsp3) is 0.129. The number of halogens is 1. The van der Waals surface area contributed by atoms with E-state index < -0.39 is 0 Å². The first-order valence-corrected chi connectivity index (χ1v) is 12.1. The number of aryl methyl sites for hydroxylation is 2. The highest BCUT2D eigenvalue weighted by Crippen LogP contribution is 2.19. The number of hydrogen-bond acceptors (Lipinski definition) is 3. The SMILES string of the molecule is Cc1ccc(NC(=O)c2ccc(NC(=O)NCCc3cccnc3)cc2C#Cc2ccc(F)cc2)cc1C. The molecule has 0 saturated heterocycles. The predicted molar refractivity (Wildman–Crippen MR) is 148 cm³/mol. The molecule has 0 atom stereocenters. The van der Waals surface area contributed by atoms with E-state index in [9.17, 15) is 14.0 Å². The third-order valence-electron chi connectivity index (χ3n) is 5.89. The zero-order valence-electron chi connectivity index (χ0n) is 21.1. The van der Waals surface area contributed by atoms with E-state index in [-0.39, 0.29) is 17.8 Å². The Kier molecular flexibility index (Phi) is 8.47. The van der Waals surface area contributed by atoms with Gasteiger partial charge < -0.3 is 16.0 Å². The van der Waals surface area contributed by atoms with E-state index in [1.807, 2.05) is 44.2 Å². The molecular weight excluding hydrogens is 479 g/mol. The summed E-state index contributed by atoms with van der Waals surface area (Å²) in [7, 11) is 0. The van der Waals surface area contributed by atoms with Gasteiger partial charge in [0.15, 0.2) is 0 Å². The average molecular weight is 507 g/mol. The second kappa shape index (κ2) is 12.3. The average Bonchev–Trinajstić information content (AvgIpc) is 2.91. The lowest BCUT2D eigenvalue weighted by atomic mass is 10.0. The molecule has 38 heavy (non-hydrogen) atoms. The van der Waals surface area contributed by atoms with Crippen LogP contribution in [-0.4, -0.2) is 23.5 Å². The summed E-state index contributed by atoms with van der Waals surface area (Å²) in [6.45, 7) is 4.42. The van der Waals surface area contributed by atoms with Crippen molar-refractivity contribution in [3.63, 3.8) is 0 Å². The van der Waals surface area contributed by atoms with Gasteiger partial charge in [-0.15, -0.1) is 0 Å². The van der Waals surface area contributed by atoms with Crippen LogP contribution in [0.4, 0.5) is 20.6 Å². The van der Waals surface area contributed by atoms with Crippen LogP contribution >= 0.6 is 0 Å². The van der Waals surface area contributed by atoms with Gasteiger partial charge in [0.05, 0.1) is 5.56 Å². The Morgan fingerprint density at radius 3 is 2.37 bits per heavy atom. The van der Waals surface area contributed by atoms with Crippen LogP contribution in [0.1, 0.15) is 38.2 Å². The van der Waals surface area contributed by atoms with Gasteiger partial charge in [-0.05, 0) is 97.6 Å². The smallest absolute Gasteiger partial charge is 0.319 e. The lowest BCUT2D eigenvalue weighted by Crippen LogP contribution is -2.30. The normalized spacial score (nSPS) is 10.2. The Bertz CT molecular complexity index is 1510. The Morgan fingerprint density at radius 1 is 0.868 bits per heavy atom. The van der Waals surface area contributed by atoms with Crippen molar-refractivity contribution >= 4 is 23.3 Å². The van der Waals surface area contributed by atoms with Crippen LogP contribution in [0.15, 0.2) is 85.2 Å². The minimum atomic E-state index is -0.376. The molecule has 1 heterocycles. The standard InChI is InChI=1S/C31H27FN4O2/c1-21-5-12-27(18-22(21)2)35-30(37)29-14-13-28(19-25(29)9-6-23-7-10-26(32)11-8-23)36-31(38)34-17-15-24-4-3-16-33-20-24/h3-5,7-8,10-14,16,18-20H,15,17H2,1-2H3,(H,35,37)(H2,34,36,38). The lowest BCUT2D eigenvalue weighted by Gasteiger charge is -2.12. The first kappa shape index (κ1) is 26.1. The summed E-state index contributed by atoms with van der Waals surface area (Å²) in [6.07, 6.45) is 4.10. The van der Waals surface area contributed by atoms with Crippen LogP contribution < -0.4 is 16.0 Å². The number of pyridine rings is 1. The number of rotatable bonds is 6. The molecular formula is C31H27FN4O2. The van der Waals surface area contributed by atoms with Gasteiger partial charge in [0, 0.05) is 41.4 Å². The van der Waals surface area contributed by atoms with Crippen molar-refractivity contribution in [1.82, 2.24) is 10.3 Å². The number of hydrogen-bond donors (Lipinski definition) is 3. The van der Waals surface area contributed by atoms with Gasteiger partial charge in [-0.25, -0.2) is 9.18 Å². The molecule has 3 amide bonds. The first-order valence-electron chi connectivity index (χ1n) is 12.1. The van der Waals surface area contributed by atoms with Crippen molar-refractivity contribution < 1.29 is 14.0 Å². The Labute approximate surface area is 221 Å². The van der Waals surface area contributed by atoms with E-state index in [2.05, 4.69) is 32.8 Å². The van der Waals surface area contributed by atoms with Gasteiger partial charge >= 0.3 is 6.03 Å². The number of carbonyl (C=O) groups excluding carboxylic acids is 2. The Hall–Kier alpha value is -4.96.